The van der Waals surface area contributed by atoms with E-state index in [1.165, 1.54) is 0 Å². The van der Waals surface area contributed by atoms with Crippen LogP contribution in [0.5, 0.6) is 0 Å². The van der Waals surface area contributed by atoms with Gasteiger partial charge in [-0.1, -0.05) is 18.2 Å². The number of piperazine rings is 1. The SMILES string of the molecule is CN1CCN(c2cccc([N+](=O)[O-])c2C2C=CCCC2)CC1. The molecule has 3 rings (SSSR count). The zero-order valence-electron chi connectivity index (χ0n) is 13.1. The Morgan fingerprint density at radius 1 is 1.23 bits per heavy atom. The van der Waals surface area contributed by atoms with Gasteiger partial charge in [-0.3, -0.25) is 10.1 Å². The van der Waals surface area contributed by atoms with Crippen LogP contribution in [0.1, 0.15) is 30.7 Å². The molecule has 5 heteroatoms. The van der Waals surface area contributed by atoms with Crippen molar-refractivity contribution in [2.24, 2.45) is 0 Å². The van der Waals surface area contributed by atoms with Gasteiger partial charge in [0, 0.05) is 43.9 Å². The molecule has 1 aromatic rings. The van der Waals surface area contributed by atoms with E-state index < -0.39 is 0 Å². The maximum atomic E-state index is 11.5. The smallest absolute Gasteiger partial charge is 0.275 e. The molecule has 1 atom stereocenters. The fraction of sp³-hybridized carbons (Fsp3) is 0.529. The summed E-state index contributed by atoms with van der Waals surface area (Å²) in [6, 6.07) is 5.52. The Hall–Kier alpha value is -1.88. The quantitative estimate of drug-likeness (QED) is 0.489. The maximum absolute atomic E-state index is 11.5. The van der Waals surface area contributed by atoms with Crippen LogP contribution in [0.3, 0.4) is 0 Å². The largest absolute Gasteiger partial charge is 0.369 e. The fourth-order valence-corrected chi connectivity index (χ4v) is 3.46. The standard InChI is InChI=1S/C17H23N3O2/c1-18-10-12-19(13-11-18)15-8-5-9-16(20(21)22)17(15)14-6-3-2-4-7-14/h3,5-6,8-9,14H,2,4,7,10-13H2,1H3. The van der Waals surface area contributed by atoms with Gasteiger partial charge in [0.1, 0.15) is 0 Å². The molecule has 0 bridgehead atoms. The molecule has 0 saturated carbocycles. The molecule has 1 fully saturated rings. The predicted octanol–water partition coefficient (Wildman–Crippen LogP) is 3.17. The highest BCUT2D eigenvalue weighted by atomic mass is 16.6. The number of nitrogens with zero attached hydrogens (tertiary/aromatic N) is 3. The molecule has 2 aliphatic rings. The second kappa shape index (κ2) is 6.48. The van der Waals surface area contributed by atoms with Gasteiger partial charge in [-0.05, 0) is 32.4 Å². The first-order valence-corrected chi connectivity index (χ1v) is 8.04. The third kappa shape index (κ3) is 2.99. The van der Waals surface area contributed by atoms with E-state index in [9.17, 15) is 10.1 Å². The van der Waals surface area contributed by atoms with Crippen molar-refractivity contribution < 1.29 is 4.92 Å². The molecular formula is C17H23N3O2. The van der Waals surface area contributed by atoms with Crippen LogP contribution in [0.15, 0.2) is 30.4 Å². The van der Waals surface area contributed by atoms with Gasteiger partial charge < -0.3 is 9.80 Å². The van der Waals surface area contributed by atoms with Crippen LogP contribution in [0.4, 0.5) is 11.4 Å². The number of nitro benzene ring substituents is 1. The lowest BCUT2D eigenvalue weighted by Crippen LogP contribution is -2.45. The molecule has 1 heterocycles. The summed E-state index contributed by atoms with van der Waals surface area (Å²) in [5.74, 6) is 0.171. The van der Waals surface area contributed by atoms with Crippen LogP contribution in [0, 0.1) is 10.1 Å². The molecule has 1 aliphatic carbocycles. The summed E-state index contributed by atoms with van der Waals surface area (Å²) < 4.78 is 0. The maximum Gasteiger partial charge on any atom is 0.275 e. The molecule has 1 unspecified atom stereocenters. The second-order valence-electron chi connectivity index (χ2n) is 6.22. The summed E-state index contributed by atoms with van der Waals surface area (Å²) in [5, 5.41) is 11.5. The topological polar surface area (TPSA) is 49.6 Å². The van der Waals surface area contributed by atoms with Crippen molar-refractivity contribution >= 4 is 11.4 Å². The summed E-state index contributed by atoms with van der Waals surface area (Å²) >= 11 is 0. The van der Waals surface area contributed by atoms with Gasteiger partial charge in [0.2, 0.25) is 0 Å². The summed E-state index contributed by atoms with van der Waals surface area (Å²) in [7, 11) is 2.12. The van der Waals surface area contributed by atoms with E-state index in [4.69, 9.17) is 0 Å². The van der Waals surface area contributed by atoms with Crippen molar-refractivity contribution in [3.8, 4) is 0 Å². The lowest BCUT2D eigenvalue weighted by Gasteiger charge is -2.36. The highest BCUT2D eigenvalue weighted by Crippen LogP contribution is 2.40. The zero-order valence-corrected chi connectivity index (χ0v) is 13.1. The minimum Gasteiger partial charge on any atom is -0.369 e. The van der Waals surface area contributed by atoms with Crippen LogP contribution in [-0.4, -0.2) is 43.0 Å². The van der Waals surface area contributed by atoms with Crippen LogP contribution < -0.4 is 4.90 Å². The highest BCUT2D eigenvalue weighted by Gasteiger charge is 2.28. The van der Waals surface area contributed by atoms with Crippen LogP contribution in [0.2, 0.25) is 0 Å². The third-order valence-corrected chi connectivity index (χ3v) is 4.73. The van der Waals surface area contributed by atoms with E-state index in [2.05, 4.69) is 35.1 Å². The molecule has 5 nitrogen and oxygen atoms in total. The fourth-order valence-electron chi connectivity index (χ4n) is 3.46. The van der Waals surface area contributed by atoms with Crippen LogP contribution in [0.25, 0.3) is 0 Å². The number of hydrogen-bond donors (Lipinski definition) is 0. The normalized spacial score (nSPS) is 22.8. The van der Waals surface area contributed by atoms with Crippen molar-refractivity contribution in [1.82, 2.24) is 4.90 Å². The summed E-state index contributed by atoms with van der Waals surface area (Å²) in [6.07, 6.45) is 7.52. The van der Waals surface area contributed by atoms with Crippen LogP contribution >= 0.6 is 0 Å². The molecule has 0 spiro atoms. The molecule has 0 amide bonds. The number of anilines is 1. The molecule has 118 valence electrons. The average Bonchev–Trinajstić information content (AvgIpc) is 2.55. The third-order valence-electron chi connectivity index (χ3n) is 4.73. The van der Waals surface area contributed by atoms with Crippen molar-refractivity contribution in [2.75, 3.05) is 38.1 Å². The molecule has 0 N–H and O–H groups in total. The Kier molecular flexibility index (Phi) is 4.43. The summed E-state index contributed by atoms with van der Waals surface area (Å²) in [6.45, 7) is 3.87. The number of hydrogen-bond acceptors (Lipinski definition) is 4. The van der Waals surface area contributed by atoms with Gasteiger partial charge in [-0.25, -0.2) is 0 Å². The van der Waals surface area contributed by atoms with Crippen molar-refractivity contribution in [3.63, 3.8) is 0 Å². The van der Waals surface area contributed by atoms with E-state index in [1.807, 2.05) is 6.07 Å². The van der Waals surface area contributed by atoms with Gasteiger partial charge in [0.25, 0.3) is 5.69 Å². The van der Waals surface area contributed by atoms with Crippen LogP contribution in [-0.2, 0) is 0 Å². The summed E-state index contributed by atoms with van der Waals surface area (Å²) in [5.41, 5.74) is 2.24. The van der Waals surface area contributed by atoms with Gasteiger partial charge in [-0.2, -0.15) is 0 Å². The number of rotatable bonds is 3. The highest BCUT2D eigenvalue weighted by molar-refractivity contribution is 5.65. The number of benzene rings is 1. The first-order valence-electron chi connectivity index (χ1n) is 8.04. The Labute approximate surface area is 131 Å². The van der Waals surface area contributed by atoms with Crippen molar-refractivity contribution in [3.05, 3.63) is 46.0 Å². The molecule has 0 radical (unpaired) electrons. The van der Waals surface area contributed by atoms with Crippen molar-refractivity contribution in [2.45, 2.75) is 25.2 Å². The van der Waals surface area contributed by atoms with E-state index in [0.29, 0.717) is 0 Å². The van der Waals surface area contributed by atoms with Crippen molar-refractivity contribution in [1.29, 1.82) is 0 Å². The Morgan fingerprint density at radius 2 is 2.00 bits per heavy atom. The molecule has 1 saturated heterocycles. The van der Waals surface area contributed by atoms with E-state index in [1.54, 1.807) is 6.07 Å². The molecule has 0 aromatic heterocycles. The molecule has 22 heavy (non-hydrogen) atoms. The van der Waals surface area contributed by atoms with Gasteiger partial charge in [-0.15, -0.1) is 0 Å². The molecule has 1 aromatic carbocycles. The first kappa shape index (κ1) is 15.0. The van der Waals surface area contributed by atoms with Gasteiger partial charge in [0.05, 0.1) is 10.5 Å². The number of likely N-dealkylation sites (N-methyl/N-ethyl adjacent to an activating group) is 1. The summed E-state index contributed by atoms with van der Waals surface area (Å²) in [4.78, 5) is 15.9. The van der Waals surface area contributed by atoms with E-state index >= 15 is 0 Å². The minimum atomic E-state index is -0.225. The average molecular weight is 301 g/mol. The second-order valence-corrected chi connectivity index (χ2v) is 6.22. The first-order chi connectivity index (χ1) is 10.7. The van der Waals surface area contributed by atoms with E-state index in [-0.39, 0.29) is 16.5 Å². The molecule has 1 aliphatic heterocycles. The Morgan fingerprint density at radius 3 is 2.64 bits per heavy atom. The number of allylic oxidation sites excluding steroid dienone is 2. The minimum absolute atomic E-state index is 0.171. The van der Waals surface area contributed by atoms with Gasteiger partial charge in [0.15, 0.2) is 0 Å². The Bertz CT molecular complexity index is 577. The molecular weight excluding hydrogens is 278 g/mol. The zero-order chi connectivity index (χ0) is 15.5. The van der Waals surface area contributed by atoms with E-state index in [0.717, 1.165) is 56.7 Å². The van der Waals surface area contributed by atoms with Gasteiger partial charge >= 0.3 is 0 Å². The predicted molar refractivity (Wildman–Crippen MR) is 88.5 cm³/mol. The monoisotopic (exact) mass is 301 g/mol. The lowest BCUT2D eigenvalue weighted by atomic mass is 9.86. The lowest BCUT2D eigenvalue weighted by molar-refractivity contribution is -0.385. The number of nitro groups is 1. The Balaban J connectivity index is 2.01.